The van der Waals surface area contributed by atoms with Gasteiger partial charge in [-0.1, -0.05) is 12.1 Å². The summed E-state index contributed by atoms with van der Waals surface area (Å²) in [5.74, 6) is 0.126. The third-order valence-corrected chi connectivity index (χ3v) is 7.92. The first-order valence-corrected chi connectivity index (χ1v) is 13.4. The molecule has 8 nitrogen and oxygen atoms in total. The van der Waals surface area contributed by atoms with Gasteiger partial charge in [-0.05, 0) is 106 Å². The van der Waals surface area contributed by atoms with Gasteiger partial charge in [0, 0.05) is 0 Å². The number of hydrogen-bond acceptors (Lipinski definition) is 8. The van der Waals surface area contributed by atoms with Crippen molar-refractivity contribution in [2.45, 2.75) is 9.79 Å². The van der Waals surface area contributed by atoms with Crippen molar-refractivity contribution in [1.82, 2.24) is 0 Å². The maximum atomic E-state index is 12.6. The van der Waals surface area contributed by atoms with E-state index in [0.717, 1.165) is 10.8 Å². The van der Waals surface area contributed by atoms with E-state index < -0.39 is 20.2 Å². The number of phenols is 2. The predicted molar refractivity (Wildman–Crippen MR) is 133 cm³/mol. The Morgan fingerprint density at radius 2 is 0.806 bits per heavy atom. The highest BCUT2D eigenvalue weighted by atomic mass is 32.2. The van der Waals surface area contributed by atoms with Crippen LogP contribution in [-0.4, -0.2) is 27.0 Å². The molecular formula is C26H18O8S2. The van der Waals surface area contributed by atoms with Gasteiger partial charge in [0.1, 0.15) is 32.8 Å². The van der Waals surface area contributed by atoms with E-state index in [1.165, 1.54) is 60.7 Å². The van der Waals surface area contributed by atoms with Crippen molar-refractivity contribution in [2.24, 2.45) is 0 Å². The maximum absolute atomic E-state index is 12.6. The molecule has 0 radical (unpaired) electrons. The number of hydrogen-bond donors (Lipinski definition) is 2. The fourth-order valence-electron chi connectivity index (χ4n) is 3.63. The second-order valence-electron chi connectivity index (χ2n) is 7.93. The van der Waals surface area contributed by atoms with Gasteiger partial charge in [-0.25, -0.2) is 0 Å². The van der Waals surface area contributed by atoms with Crippen molar-refractivity contribution in [3.63, 3.8) is 0 Å². The quantitative estimate of drug-likeness (QED) is 0.237. The Labute approximate surface area is 206 Å². The summed E-state index contributed by atoms with van der Waals surface area (Å²) in [7, 11) is -8.18. The van der Waals surface area contributed by atoms with Gasteiger partial charge in [-0.2, -0.15) is 16.8 Å². The summed E-state index contributed by atoms with van der Waals surface area (Å²) in [6.07, 6.45) is 0. The van der Waals surface area contributed by atoms with Crippen LogP contribution < -0.4 is 8.37 Å². The number of rotatable bonds is 6. The van der Waals surface area contributed by atoms with Gasteiger partial charge in [-0.3, -0.25) is 0 Å². The Bertz CT molecular complexity index is 1670. The van der Waals surface area contributed by atoms with E-state index in [2.05, 4.69) is 0 Å². The summed E-state index contributed by atoms with van der Waals surface area (Å²) in [6.45, 7) is 0. The van der Waals surface area contributed by atoms with Crippen LogP contribution in [0.1, 0.15) is 0 Å². The Morgan fingerprint density at radius 1 is 0.444 bits per heavy atom. The second-order valence-corrected chi connectivity index (χ2v) is 11.0. The average molecular weight is 523 g/mol. The van der Waals surface area contributed by atoms with Crippen molar-refractivity contribution >= 4 is 41.8 Å². The summed E-state index contributed by atoms with van der Waals surface area (Å²) < 4.78 is 60.7. The molecule has 0 heterocycles. The lowest BCUT2D eigenvalue weighted by molar-refractivity contribution is 0.472. The average Bonchev–Trinajstić information content (AvgIpc) is 2.83. The van der Waals surface area contributed by atoms with Crippen molar-refractivity contribution in [3.05, 3.63) is 97.1 Å². The Hall–Kier alpha value is -4.28. The summed E-state index contributed by atoms with van der Waals surface area (Å²) in [5, 5.41) is 21.7. The van der Waals surface area contributed by atoms with Gasteiger partial charge < -0.3 is 18.6 Å². The molecule has 0 spiro atoms. The molecule has 0 amide bonds. The minimum Gasteiger partial charge on any atom is -0.508 e. The first kappa shape index (κ1) is 23.5. The summed E-state index contributed by atoms with van der Waals surface area (Å²) in [5.41, 5.74) is 0. The Balaban J connectivity index is 1.43. The zero-order chi connectivity index (χ0) is 25.5. The molecule has 0 bridgehead atoms. The van der Waals surface area contributed by atoms with Crippen LogP contribution in [0.25, 0.3) is 21.5 Å². The number of benzene rings is 5. The highest BCUT2D eigenvalue weighted by Crippen LogP contribution is 2.31. The molecule has 10 heteroatoms. The van der Waals surface area contributed by atoms with E-state index in [0.29, 0.717) is 10.8 Å². The van der Waals surface area contributed by atoms with Crippen LogP contribution in [0.3, 0.4) is 0 Å². The molecule has 0 unspecified atom stereocenters. The molecule has 5 aromatic rings. The van der Waals surface area contributed by atoms with Crippen molar-refractivity contribution in [1.29, 1.82) is 0 Å². The van der Waals surface area contributed by atoms with Crippen molar-refractivity contribution < 1.29 is 35.4 Å². The zero-order valence-electron chi connectivity index (χ0n) is 18.4. The molecule has 0 aliphatic heterocycles. The van der Waals surface area contributed by atoms with Crippen LogP contribution in [0.2, 0.25) is 0 Å². The van der Waals surface area contributed by atoms with E-state index in [1.54, 1.807) is 24.3 Å². The third kappa shape index (κ3) is 4.77. The van der Waals surface area contributed by atoms with Crippen LogP contribution in [-0.2, 0) is 20.2 Å². The van der Waals surface area contributed by atoms with Crippen molar-refractivity contribution in [2.75, 3.05) is 0 Å². The van der Waals surface area contributed by atoms with E-state index in [9.17, 15) is 27.0 Å². The summed E-state index contributed by atoms with van der Waals surface area (Å²) in [6, 6.07) is 23.3. The van der Waals surface area contributed by atoms with Crippen LogP contribution in [0.4, 0.5) is 0 Å². The van der Waals surface area contributed by atoms with Crippen LogP contribution >= 0.6 is 0 Å². The molecule has 0 aliphatic rings. The molecule has 2 N–H and O–H groups in total. The molecule has 36 heavy (non-hydrogen) atoms. The van der Waals surface area contributed by atoms with Crippen LogP contribution in [0.5, 0.6) is 23.0 Å². The first-order valence-electron chi connectivity index (χ1n) is 10.5. The third-order valence-electron chi connectivity index (χ3n) is 5.40. The molecule has 0 aromatic heterocycles. The van der Waals surface area contributed by atoms with Crippen molar-refractivity contribution in [3.8, 4) is 23.0 Å². The van der Waals surface area contributed by atoms with Gasteiger partial charge >= 0.3 is 20.2 Å². The zero-order valence-corrected chi connectivity index (χ0v) is 20.0. The fourth-order valence-corrected chi connectivity index (χ4v) is 5.48. The minimum atomic E-state index is -4.09. The molecule has 0 saturated carbocycles. The molecular weight excluding hydrogens is 504 g/mol. The molecule has 5 rings (SSSR count). The van der Waals surface area contributed by atoms with Gasteiger partial charge in [0.05, 0.1) is 0 Å². The lowest BCUT2D eigenvalue weighted by Crippen LogP contribution is -2.09. The molecule has 182 valence electrons. The molecule has 0 fully saturated rings. The highest BCUT2D eigenvalue weighted by molar-refractivity contribution is 7.87. The van der Waals surface area contributed by atoms with E-state index in [1.807, 2.05) is 12.1 Å². The first-order chi connectivity index (χ1) is 17.1. The van der Waals surface area contributed by atoms with Gasteiger partial charge in [0.2, 0.25) is 0 Å². The monoisotopic (exact) mass is 522 g/mol. The smallest absolute Gasteiger partial charge is 0.339 e. The minimum absolute atomic E-state index is 0.0574. The van der Waals surface area contributed by atoms with Gasteiger partial charge in [0.25, 0.3) is 0 Å². The van der Waals surface area contributed by atoms with Crippen LogP contribution in [0.15, 0.2) is 107 Å². The molecule has 5 aromatic carbocycles. The Morgan fingerprint density at radius 3 is 1.17 bits per heavy atom. The SMILES string of the molecule is O=S(=O)(Oc1ccc2cc3cc(OS(=O)(=O)c4ccc(O)cc4)ccc3cc2c1)c1ccc(O)cc1. The van der Waals surface area contributed by atoms with E-state index in [4.69, 9.17) is 8.37 Å². The summed E-state index contributed by atoms with van der Waals surface area (Å²) in [4.78, 5) is -0.178. The fraction of sp³-hybridized carbons (Fsp3) is 0. The lowest BCUT2D eigenvalue weighted by Gasteiger charge is -2.10. The van der Waals surface area contributed by atoms with Gasteiger partial charge in [-0.15, -0.1) is 0 Å². The largest absolute Gasteiger partial charge is 0.508 e. The molecule has 0 aliphatic carbocycles. The Kier molecular flexibility index (Phi) is 5.70. The maximum Gasteiger partial charge on any atom is 0.339 e. The van der Waals surface area contributed by atoms with Crippen LogP contribution in [0, 0.1) is 0 Å². The predicted octanol–water partition coefficient (Wildman–Crippen LogP) is 4.94. The number of aromatic hydroxyl groups is 2. The second kappa shape index (κ2) is 8.74. The summed E-state index contributed by atoms with van der Waals surface area (Å²) >= 11 is 0. The van der Waals surface area contributed by atoms with E-state index >= 15 is 0 Å². The topological polar surface area (TPSA) is 127 Å². The lowest BCUT2D eigenvalue weighted by atomic mass is 10.0. The number of phenolic OH excluding ortho intramolecular Hbond substituents is 2. The molecule has 0 saturated heterocycles. The number of fused-ring (bicyclic) bond motifs is 2. The van der Waals surface area contributed by atoms with Gasteiger partial charge in [0.15, 0.2) is 0 Å². The normalized spacial score (nSPS) is 12.0. The van der Waals surface area contributed by atoms with E-state index in [-0.39, 0.29) is 32.8 Å². The standard InChI is InChI=1S/C26H18O8S2/c27-21-3-9-25(10-4-21)35(29,30)33-23-7-1-17-13-20-16-24(8-2-18(20)14-19(17)15-23)34-36(31,32)26-11-5-22(28)6-12-26/h1-16,27-28H. The highest BCUT2D eigenvalue weighted by Gasteiger charge is 2.18. The molecule has 0 atom stereocenters.